The van der Waals surface area contributed by atoms with Crippen LogP contribution in [0.3, 0.4) is 0 Å². The lowest BCUT2D eigenvalue weighted by Gasteiger charge is -2.09. The Kier molecular flexibility index (Phi) is 7.68. The molecule has 0 fully saturated rings. The molecule has 1 amide bonds. The first-order valence-electron chi connectivity index (χ1n) is 8.55. The minimum Gasteiger partial charge on any atom is -0.494 e. The molecule has 0 unspecified atom stereocenters. The lowest BCUT2D eigenvalue weighted by molar-refractivity contribution is -0.119. The van der Waals surface area contributed by atoms with Gasteiger partial charge in [-0.3, -0.25) is 4.79 Å². The Morgan fingerprint density at radius 3 is 2.50 bits per heavy atom. The molecule has 0 atom stereocenters. The number of nitrogens with one attached hydrogen (secondary N) is 2. The minimum atomic E-state index is -0.00537. The summed E-state index contributed by atoms with van der Waals surface area (Å²) in [6, 6.07) is 17.8. The van der Waals surface area contributed by atoms with E-state index in [0.717, 1.165) is 37.3 Å². The largest absolute Gasteiger partial charge is 0.494 e. The highest BCUT2D eigenvalue weighted by molar-refractivity contribution is 5.80. The molecule has 2 aromatic carbocycles. The summed E-state index contributed by atoms with van der Waals surface area (Å²) in [5, 5.41) is 6.04. The zero-order chi connectivity index (χ0) is 17.0. The third-order valence-electron chi connectivity index (χ3n) is 3.65. The Labute approximate surface area is 144 Å². The number of hydrogen-bond donors (Lipinski definition) is 2. The molecule has 0 aliphatic rings. The van der Waals surface area contributed by atoms with E-state index in [0.29, 0.717) is 6.54 Å². The maximum absolute atomic E-state index is 11.8. The van der Waals surface area contributed by atoms with Crippen molar-refractivity contribution in [2.75, 3.05) is 25.0 Å². The van der Waals surface area contributed by atoms with E-state index in [4.69, 9.17) is 4.74 Å². The molecule has 0 bridgehead atoms. The van der Waals surface area contributed by atoms with E-state index in [-0.39, 0.29) is 12.5 Å². The summed E-state index contributed by atoms with van der Waals surface area (Å²) in [5.74, 6) is 0.857. The molecule has 0 saturated heterocycles. The van der Waals surface area contributed by atoms with Gasteiger partial charge in [0.2, 0.25) is 5.91 Å². The van der Waals surface area contributed by atoms with Crippen molar-refractivity contribution in [3.63, 3.8) is 0 Å². The van der Waals surface area contributed by atoms with Gasteiger partial charge in [0.25, 0.3) is 0 Å². The lowest BCUT2D eigenvalue weighted by atomic mass is 10.1. The zero-order valence-electron chi connectivity index (χ0n) is 14.3. The van der Waals surface area contributed by atoms with Gasteiger partial charge in [-0.05, 0) is 42.7 Å². The molecule has 128 valence electrons. The normalized spacial score (nSPS) is 10.2. The number of amides is 1. The maximum atomic E-state index is 11.8. The molecule has 0 heterocycles. The van der Waals surface area contributed by atoms with E-state index in [1.807, 2.05) is 42.5 Å². The second-order valence-electron chi connectivity index (χ2n) is 5.67. The van der Waals surface area contributed by atoms with Gasteiger partial charge in [0.1, 0.15) is 5.75 Å². The summed E-state index contributed by atoms with van der Waals surface area (Å²) >= 11 is 0. The average molecular weight is 326 g/mol. The highest BCUT2D eigenvalue weighted by Crippen LogP contribution is 2.15. The number of anilines is 1. The van der Waals surface area contributed by atoms with E-state index >= 15 is 0 Å². The standard InChI is InChI=1S/C20H26N2O2/c1-2-3-15-24-19-11-9-18(10-12-19)22-16-20(23)21-14-13-17-7-5-4-6-8-17/h4-12,22H,2-3,13-16H2,1H3,(H,21,23). The highest BCUT2D eigenvalue weighted by atomic mass is 16.5. The van der Waals surface area contributed by atoms with Gasteiger partial charge >= 0.3 is 0 Å². The van der Waals surface area contributed by atoms with Crippen molar-refractivity contribution in [2.45, 2.75) is 26.2 Å². The SMILES string of the molecule is CCCCOc1ccc(NCC(=O)NCCc2ccccc2)cc1. The zero-order valence-corrected chi connectivity index (χ0v) is 14.3. The van der Waals surface area contributed by atoms with Gasteiger partial charge in [0.15, 0.2) is 0 Å². The smallest absolute Gasteiger partial charge is 0.239 e. The molecule has 2 N–H and O–H groups in total. The van der Waals surface area contributed by atoms with Gasteiger partial charge in [0.05, 0.1) is 13.2 Å². The number of hydrogen-bond acceptors (Lipinski definition) is 3. The third-order valence-corrected chi connectivity index (χ3v) is 3.65. The van der Waals surface area contributed by atoms with Crippen LogP contribution < -0.4 is 15.4 Å². The van der Waals surface area contributed by atoms with E-state index < -0.39 is 0 Å². The molecule has 0 saturated carbocycles. The van der Waals surface area contributed by atoms with Crippen LogP contribution in [0.1, 0.15) is 25.3 Å². The summed E-state index contributed by atoms with van der Waals surface area (Å²) in [6.07, 6.45) is 3.03. The predicted molar refractivity (Wildman–Crippen MR) is 98.5 cm³/mol. The lowest BCUT2D eigenvalue weighted by Crippen LogP contribution is -2.31. The maximum Gasteiger partial charge on any atom is 0.239 e. The van der Waals surface area contributed by atoms with Crippen LogP contribution in [0.15, 0.2) is 54.6 Å². The van der Waals surface area contributed by atoms with Gasteiger partial charge in [-0.15, -0.1) is 0 Å². The molecule has 2 rings (SSSR count). The quantitative estimate of drug-likeness (QED) is 0.656. The third kappa shape index (κ3) is 6.73. The summed E-state index contributed by atoms with van der Waals surface area (Å²) in [5.41, 5.74) is 2.14. The van der Waals surface area contributed by atoms with Gasteiger partial charge in [-0.1, -0.05) is 43.7 Å². The summed E-state index contributed by atoms with van der Waals surface area (Å²) in [7, 11) is 0. The molecule has 0 spiro atoms. The molecular formula is C20H26N2O2. The molecule has 24 heavy (non-hydrogen) atoms. The van der Waals surface area contributed by atoms with Crippen LogP contribution in [0.25, 0.3) is 0 Å². The van der Waals surface area contributed by atoms with Crippen LogP contribution in [0.5, 0.6) is 5.75 Å². The fourth-order valence-electron chi connectivity index (χ4n) is 2.24. The van der Waals surface area contributed by atoms with Crippen molar-refractivity contribution in [3.8, 4) is 5.75 Å². The number of ether oxygens (including phenoxy) is 1. The van der Waals surface area contributed by atoms with Crippen LogP contribution in [-0.2, 0) is 11.2 Å². The van der Waals surface area contributed by atoms with Crippen LogP contribution in [-0.4, -0.2) is 25.6 Å². The van der Waals surface area contributed by atoms with Crippen molar-refractivity contribution >= 4 is 11.6 Å². The van der Waals surface area contributed by atoms with Crippen molar-refractivity contribution in [3.05, 3.63) is 60.2 Å². The first kappa shape index (κ1) is 17.9. The number of carbonyl (C=O) groups excluding carboxylic acids is 1. The summed E-state index contributed by atoms with van der Waals surface area (Å²) in [6.45, 7) is 3.80. The first-order valence-corrected chi connectivity index (χ1v) is 8.55. The fraction of sp³-hybridized carbons (Fsp3) is 0.350. The highest BCUT2D eigenvalue weighted by Gasteiger charge is 2.01. The van der Waals surface area contributed by atoms with Crippen molar-refractivity contribution in [1.29, 1.82) is 0 Å². The van der Waals surface area contributed by atoms with E-state index in [1.165, 1.54) is 5.56 Å². The number of rotatable bonds is 10. The molecule has 4 nitrogen and oxygen atoms in total. The van der Waals surface area contributed by atoms with Crippen molar-refractivity contribution < 1.29 is 9.53 Å². The van der Waals surface area contributed by atoms with Crippen LogP contribution >= 0.6 is 0 Å². The molecular weight excluding hydrogens is 300 g/mol. The monoisotopic (exact) mass is 326 g/mol. The van der Waals surface area contributed by atoms with Gasteiger partial charge in [0, 0.05) is 12.2 Å². The van der Waals surface area contributed by atoms with Crippen LogP contribution in [0, 0.1) is 0 Å². The summed E-state index contributed by atoms with van der Waals surface area (Å²) < 4.78 is 5.62. The molecule has 0 aliphatic carbocycles. The summed E-state index contributed by atoms with van der Waals surface area (Å²) in [4.78, 5) is 11.8. The van der Waals surface area contributed by atoms with Crippen molar-refractivity contribution in [1.82, 2.24) is 5.32 Å². The molecule has 0 aromatic heterocycles. The first-order chi connectivity index (χ1) is 11.8. The molecule has 0 radical (unpaired) electrons. The Bertz CT molecular complexity index is 597. The minimum absolute atomic E-state index is 0.00537. The Hall–Kier alpha value is -2.49. The molecule has 2 aromatic rings. The van der Waals surface area contributed by atoms with Gasteiger partial charge in [-0.2, -0.15) is 0 Å². The van der Waals surface area contributed by atoms with E-state index in [2.05, 4.69) is 29.7 Å². The average Bonchev–Trinajstić information content (AvgIpc) is 2.62. The van der Waals surface area contributed by atoms with E-state index in [1.54, 1.807) is 0 Å². The predicted octanol–water partition coefficient (Wildman–Crippen LogP) is 3.64. The second-order valence-corrected chi connectivity index (χ2v) is 5.67. The fourth-order valence-corrected chi connectivity index (χ4v) is 2.24. The Balaban J connectivity index is 1.64. The number of carbonyl (C=O) groups is 1. The number of benzene rings is 2. The van der Waals surface area contributed by atoms with Gasteiger partial charge < -0.3 is 15.4 Å². The second kappa shape index (κ2) is 10.3. The molecule has 0 aliphatic heterocycles. The topological polar surface area (TPSA) is 50.4 Å². The number of unbranched alkanes of at least 4 members (excludes halogenated alkanes) is 1. The van der Waals surface area contributed by atoms with Crippen LogP contribution in [0.2, 0.25) is 0 Å². The van der Waals surface area contributed by atoms with Crippen molar-refractivity contribution in [2.24, 2.45) is 0 Å². The van der Waals surface area contributed by atoms with E-state index in [9.17, 15) is 4.79 Å². The van der Waals surface area contributed by atoms with Gasteiger partial charge in [-0.25, -0.2) is 0 Å². The Morgan fingerprint density at radius 2 is 1.79 bits per heavy atom. The Morgan fingerprint density at radius 1 is 1.04 bits per heavy atom. The van der Waals surface area contributed by atoms with Crippen LogP contribution in [0.4, 0.5) is 5.69 Å². The molecule has 4 heteroatoms.